The van der Waals surface area contributed by atoms with E-state index in [0.29, 0.717) is 0 Å². The molecule has 0 saturated heterocycles. The molecular weight excluding hydrogens is 272 g/mol. The average Bonchev–Trinajstić information content (AvgIpc) is 2.37. The van der Waals surface area contributed by atoms with Crippen molar-refractivity contribution in [3.05, 3.63) is 35.9 Å². The van der Waals surface area contributed by atoms with E-state index < -0.39 is 23.6 Å². The second-order valence-electron chi connectivity index (χ2n) is 5.61. The minimum Gasteiger partial charge on any atom is -0.444 e. The number of benzene rings is 1. The summed E-state index contributed by atoms with van der Waals surface area (Å²) in [4.78, 5) is 28.3. The smallest absolute Gasteiger partial charge is 0.408 e. The first kappa shape index (κ1) is 17.0. The number of rotatable bonds is 5. The van der Waals surface area contributed by atoms with Crippen molar-refractivity contribution >= 4 is 12.0 Å². The van der Waals surface area contributed by atoms with E-state index in [1.807, 2.05) is 30.3 Å². The molecule has 0 bridgehead atoms. The van der Waals surface area contributed by atoms with Gasteiger partial charge in [-0.3, -0.25) is 9.63 Å². The Morgan fingerprint density at radius 2 is 1.81 bits per heavy atom. The number of amides is 2. The minimum absolute atomic E-state index is 0.256. The van der Waals surface area contributed by atoms with Gasteiger partial charge in [0.2, 0.25) is 0 Å². The molecule has 0 fully saturated rings. The summed E-state index contributed by atoms with van der Waals surface area (Å²) in [5, 5.41) is 2.43. The molecule has 6 heteroatoms. The summed E-state index contributed by atoms with van der Waals surface area (Å²) in [6.07, 6.45) is -0.645. The maximum atomic E-state index is 11.7. The van der Waals surface area contributed by atoms with E-state index in [4.69, 9.17) is 9.57 Å². The van der Waals surface area contributed by atoms with Crippen LogP contribution < -0.4 is 10.8 Å². The van der Waals surface area contributed by atoms with Crippen LogP contribution in [0.2, 0.25) is 0 Å². The molecule has 0 unspecified atom stereocenters. The van der Waals surface area contributed by atoms with Crippen molar-refractivity contribution < 1.29 is 19.2 Å². The van der Waals surface area contributed by atoms with Gasteiger partial charge < -0.3 is 10.1 Å². The number of hydrogen-bond acceptors (Lipinski definition) is 4. The number of hydroxylamine groups is 1. The molecule has 0 aliphatic rings. The van der Waals surface area contributed by atoms with Crippen molar-refractivity contribution in [3.63, 3.8) is 0 Å². The summed E-state index contributed by atoms with van der Waals surface area (Å²) in [6, 6.07) is 8.67. The van der Waals surface area contributed by atoms with Gasteiger partial charge >= 0.3 is 6.09 Å². The van der Waals surface area contributed by atoms with Crippen LogP contribution in [0, 0.1) is 0 Å². The highest BCUT2D eigenvalue weighted by atomic mass is 16.7. The lowest BCUT2D eigenvalue weighted by atomic mass is 10.2. The van der Waals surface area contributed by atoms with Crippen LogP contribution in [-0.4, -0.2) is 23.6 Å². The van der Waals surface area contributed by atoms with E-state index in [-0.39, 0.29) is 6.61 Å². The number of carbonyl (C=O) groups is 2. The van der Waals surface area contributed by atoms with Crippen molar-refractivity contribution in [1.82, 2.24) is 10.8 Å². The quantitative estimate of drug-likeness (QED) is 0.816. The Bertz CT molecular complexity index is 468. The molecule has 21 heavy (non-hydrogen) atoms. The Kier molecular flexibility index (Phi) is 6.17. The Hall–Kier alpha value is -2.08. The van der Waals surface area contributed by atoms with Gasteiger partial charge in [-0.2, -0.15) is 0 Å². The van der Waals surface area contributed by atoms with Gasteiger partial charge in [-0.15, -0.1) is 0 Å². The molecular formula is C15H22N2O4. The fourth-order valence-corrected chi connectivity index (χ4v) is 1.40. The molecule has 0 aliphatic heterocycles. The Labute approximate surface area is 124 Å². The van der Waals surface area contributed by atoms with E-state index in [0.717, 1.165) is 5.56 Å². The largest absolute Gasteiger partial charge is 0.444 e. The van der Waals surface area contributed by atoms with E-state index in [9.17, 15) is 9.59 Å². The fraction of sp³-hybridized carbons (Fsp3) is 0.467. The van der Waals surface area contributed by atoms with Crippen molar-refractivity contribution in [3.8, 4) is 0 Å². The second kappa shape index (κ2) is 7.64. The highest BCUT2D eigenvalue weighted by Crippen LogP contribution is 2.06. The van der Waals surface area contributed by atoms with Gasteiger partial charge in [0, 0.05) is 0 Å². The topological polar surface area (TPSA) is 76.7 Å². The Morgan fingerprint density at radius 3 is 2.38 bits per heavy atom. The third-order valence-electron chi connectivity index (χ3n) is 2.38. The van der Waals surface area contributed by atoms with Gasteiger partial charge in [0.05, 0.1) is 6.61 Å². The standard InChI is InChI=1S/C15H22N2O4/c1-11(16-14(19)21-15(2,3)4)13(18)17-20-10-12-8-6-5-7-9-12/h5-9,11H,10H2,1-4H3,(H,16,19)(H,17,18)/t11-/m1/s1. The van der Waals surface area contributed by atoms with Gasteiger partial charge in [-0.25, -0.2) is 10.3 Å². The van der Waals surface area contributed by atoms with Crippen molar-refractivity contribution in [2.45, 2.75) is 45.9 Å². The molecule has 116 valence electrons. The molecule has 0 heterocycles. The minimum atomic E-state index is -0.754. The number of ether oxygens (including phenoxy) is 1. The summed E-state index contributed by atoms with van der Waals surface area (Å²) >= 11 is 0. The van der Waals surface area contributed by atoms with Gasteiger partial charge in [0.15, 0.2) is 0 Å². The van der Waals surface area contributed by atoms with E-state index >= 15 is 0 Å². The lowest BCUT2D eigenvalue weighted by molar-refractivity contribution is -0.136. The molecule has 2 N–H and O–H groups in total. The fourth-order valence-electron chi connectivity index (χ4n) is 1.40. The highest BCUT2D eigenvalue weighted by Gasteiger charge is 2.20. The van der Waals surface area contributed by atoms with Crippen LogP contribution in [0.4, 0.5) is 4.79 Å². The molecule has 1 aromatic carbocycles. The van der Waals surface area contributed by atoms with Crippen LogP contribution in [0.5, 0.6) is 0 Å². The number of nitrogens with one attached hydrogen (secondary N) is 2. The van der Waals surface area contributed by atoms with Crippen molar-refractivity contribution in [1.29, 1.82) is 0 Å². The zero-order chi connectivity index (χ0) is 15.9. The zero-order valence-electron chi connectivity index (χ0n) is 12.8. The van der Waals surface area contributed by atoms with Gasteiger partial charge in [0.1, 0.15) is 11.6 Å². The summed E-state index contributed by atoms with van der Waals surface area (Å²) in [7, 11) is 0. The number of hydrogen-bond donors (Lipinski definition) is 2. The van der Waals surface area contributed by atoms with Crippen molar-refractivity contribution in [2.24, 2.45) is 0 Å². The maximum absolute atomic E-state index is 11.7. The predicted molar refractivity (Wildman–Crippen MR) is 78.2 cm³/mol. The normalized spacial score (nSPS) is 12.4. The van der Waals surface area contributed by atoms with Gasteiger partial charge in [-0.05, 0) is 33.3 Å². The summed E-state index contributed by atoms with van der Waals surface area (Å²) in [5.41, 5.74) is 2.62. The molecule has 1 atom stereocenters. The molecule has 6 nitrogen and oxygen atoms in total. The average molecular weight is 294 g/mol. The Morgan fingerprint density at radius 1 is 1.19 bits per heavy atom. The van der Waals surface area contributed by atoms with Crippen LogP contribution in [-0.2, 0) is 21.0 Å². The number of carbonyl (C=O) groups excluding carboxylic acids is 2. The van der Waals surface area contributed by atoms with Gasteiger partial charge in [-0.1, -0.05) is 30.3 Å². The van der Waals surface area contributed by atoms with Crippen LogP contribution in [0.1, 0.15) is 33.3 Å². The molecule has 0 spiro atoms. The van der Waals surface area contributed by atoms with E-state index in [1.54, 1.807) is 27.7 Å². The van der Waals surface area contributed by atoms with Crippen LogP contribution in [0.3, 0.4) is 0 Å². The summed E-state index contributed by atoms with van der Waals surface area (Å²) in [6.45, 7) is 7.05. The molecule has 1 aromatic rings. The third kappa shape index (κ3) is 7.31. The molecule has 0 aliphatic carbocycles. The van der Waals surface area contributed by atoms with Crippen LogP contribution in [0.15, 0.2) is 30.3 Å². The first-order valence-corrected chi connectivity index (χ1v) is 6.73. The van der Waals surface area contributed by atoms with Crippen molar-refractivity contribution in [2.75, 3.05) is 0 Å². The van der Waals surface area contributed by atoms with E-state index in [2.05, 4.69) is 10.8 Å². The second-order valence-corrected chi connectivity index (χ2v) is 5.61. The summed E-state index contributed by atoms with van der Waals surface area (Å²) < 4.78 is 5.06. The molecule has 0 radical (unpaired) electrons. The number of alkyl carbamates (subject to hydrolysis) is 1. The highest BCUT2D eigenvalue weighted by molar-refractivity contribution is 5.84. The summed E-state index contributed by atoms with van der Waals surface area (Å²) in [5.74, 6) is -0.447. The molecule has 0 saturated carbocycles. The molecule has 2 amide bonds. The first-order valence-electron chi connectivity index (χ1n) is 6.73. The maximum Gasteiger partial charge on any atom is 0.408 e. The third-order valence-corrected chi connectivity index (χ3v) is 2.38. The monoisotopic (exact) mass is 294 g/mol. The lowest BCUT2D eigenvalue weighted by Gasteiger charge is -2.21. The predicted octanol–water partition coefficient (Wildman–Crippen LogP) is 2.15. The SMILES string of the molecule is C[C@@H](NC(=O)OC(C)(C)C)C(=O)NOCc1ccccc1. The lowest BCUT2D eigenvalue weighted by Crippen LogP contribution is -2.46. The van der Waals surface area contributed by atoms with Crippen LogP contribution in [0.25, 0.3) is 0 Å². The first-order chi connectivity index (χ1) is 9.78. The molecule has 0 aromatic heterocycles. The van der Waals surface area contributed by atoms with Gasteiger partial charge in [0.25, 0.3) is 5.91 Å². The van der Waals surface area contributed by atoms with E-state index in [1.165, 1.54) is 0 Å². The Balaban J connectivity index is 2.29. The zero-order valence-corrected chi connectivity index (χ0v) is 12.8. The molecule has 1 rings (SSSR count). The van der Waals surface area contributed by atoms with Crippen LogP contribution >= 0.6 is 0 Å².